The minimum Gasteiger partial charge on any atom is -0.454 e. The Labute approximate surface area is 168 Å². The molecule has 2 aliphatic heterocycles. The number of sulfonamides is 1. The zero-order valence-corrected chi connectivity index (χ0v) is 16.4. The van der Waals surface area contributed by atoms with E-state index in [-0.39, 0.29) is 16.5 Å². The first kappa shape index (κ1) is 17.8. The van der Waals surface area contributed by atoms with E-state index < -0.39 is 15.9 Å². The van der Waals surface area contributed by atoms with E-state index in [2.05, 4.69) is 5.32 Å². The maximum Gasteiger partial charge on any atom is 0.264 e. The van der Waals surface area contributed by atoms with Gasteiger partial charge < -0.3 is 10.1 Å². The van der Waals surface area contributed by atoms with E-state index in [0.29, 0.717) is 29.3 Å². The van der Waals surface area contributed by atoms with Gasteiger partial charge in [0.15, 0.2) is 5.75 Å². The van der Waals surface area contributed by atoms with Crippen molar-refractivity contribution in [2.45, 2.75) is 24.3 Å². The van der Waals surface area contributed by atoms with Crippen molar-refractivity contribution in [3.8, 4) is 11.5 Å². The Bertz CT molecular complexity index is 1250. The van der Waals surface area contributed by atoms with Crippen molar-refractivity contribution in [2.75, 3.05) is 9.62 Å². The first-order chi connectivity index (χ1) is 13.9. The summed E-state index contributed by atoms with van der Waals surface area (Å²) in [7, 11) is -3.84. The third kappa shape index (κ3) is 2.77. The van der Waals surface area contributed by atoms with Gasteiger partial charge in [0.1, 0.15) is 5.75 Å². The molecule has 0 aromatic heterocycles. The van der Waals surface area contributed by atoms with Crippen molar-refractivity contribution in [1.29, 1.82) is 0 Å². The molecule has 0 radical (unpaired) electrons. The second-order valence-corrected chi connectivity index (χ2v) is 9.01. The second kappa shape index (κ2) is 6.35. The van der Waals surface area contributed by atoms with Crippen LogP contribution in [0.3, 0.4) is 0 Å². The number of hydrogen-bond acceptors (Lipinski definition) is 4. The molecule has 0 spiro atoms. The predicted molar refractivity (Wildman–Crippen MR) is 110 cm³/mol. The monoisotopic (exact) mass is 406 g/mol. The summed E-state index contributed by atoms with van der Waals surface area (Å²) >= 11 is 0. The van der Waals surface area contributed by atoms with Gasteiger partial charge in [0.05, 0.1) is 21.8 Å². The third-order valence-corrected chi connectivity index (χ3v) is 7.18. The lowest BCUT2D eigenvalue weighted by molar-refractivity contribution is 0.102. The fourth-order valence-electron chi connectivity index (χ4n) is 3.92. The Morgan fingerprint density at radius 1 is 1.00 bits per heavy atom. The maximum atomic E-state index is 13.5. The highest BCUT2D eigenvalue weighted by Crippen LogP contribution is 2.39. The molecule has 0 fully saturated rings. The molecule has 2 heterocycles. The summed E-state index contributed by atoms with van der Waals surface area (Å²) in [6.07, 6.45) is 0.652. The van der Waals surface area contributed by atoms with E-state index in [0.717, 1.165) is 5.56 Å². The molecule has 29 heavy (non-hydrogen) atoms. The Morgan fingerprint density at radius 2 is 1.76 bits per heavy atom. The molecule has 2 aliphatic rings. The van der Waals surface area contributed by atoms with Gasteiger partial charge in [-0.05, 0) is 55.3 Å². The second-order valence-electron chi connectivity index (χ2n) is 7.19. The number of anilines is 2. The van der Waals surface area contributed by atoms with Crippen LogP contribution in [0.2, 0.25) is 0 Å². The molecule has 5 rings (SSSR count). The number of carbonyl (C=O) groups is 1. The molecule has 0 aliphatic carbocycles. The summed E-state index contributed by atoms with van der Waals surface area (Å²) in [6.45, 7) is 1.88. The fraction of sp³-hybridized carbons (Fsp3) is 0.136. The van der Waals surface area contributed by atoms with Crippen molar-refractivity contribution in [2.24, 2.45) is 0 Å². The van der Waals surface area contributed by atoms with Crippen molar-refractivity contribution in [3.05, 3.63) is 77.9 Å². The van der Waals surface area contributed by atoms with Gasteiger partial charge in [-0.3, -0.25) is 9.10 Å². The summed E-state index contributed by atoms with van der Waals surface area (Å²) in [5.41, 5.74) is 2.40. The van der Waals surface area contributed by atoms with Crippen LogP contribution in [0.25, 0.3) is 0 Å². The Kier molecular flexibility index (Phi) is 3.89. The number of para-hydroxylation sites is 3. The Balaban J connectivity index is 1.59. The smallest absolute Gasteiger partial charge is 0.264 e. The van der Waals surface area contributed by atoms with E-state index in [1.807, 2.05) is 31.2 Å². The van der Waals surface area contributed by atoms with Gasteiger partial charge in [-0.1, -0.05) is 30.3 Å². The fourth-order valence-corrected chi connectivity index (χ4v) is 5.64. The quantitative estimate of drug-likeness (QED) is 0.693. The van der Waals surface area contributed by atoms with Gasteiger partial charge in [0, 0.05) is 6.04 Å². The number of nitrogens with zero attached hydrogens (tertiary/aromatic N) is 1. The molecule has 1 N–H and O–H groups in total. The van der Waals surface area contributed by atoms with E-state index in [1.165, 1.54) is 22.5 Å². The van der Waals surface area contributed by atoms with E-state index in [4.69, 9.17) is 4.74 Å². The van der Waals surface area contributed by atoms with Gasteiger partial charge in [0.25, 0.3) is 15.9 Å². The summed E-state index contributed by atoms with van der Waals surface area (Å²) in [5, 5.41) is 2.78. The molecule has 1 atom stereocenters. The van der Waals surface area contributed by atoms with Crippen LogP contribution in [0.5, 0.6) is 11.5 Å². The summed E-state index contributed by atoms with van der Waals surface area (Å²) < 4.78 is 34.2. The third-order valence-electron chi connectivity index (χ3n) is 5.25. The van der Waals surface area contributed by atoms with Crippen LogP contribution in [-0.2, 0) is 16.4 Å². The standard InChI is InChI=1S/C22H18N2O4S/c1-14-12-15-6-2-4-8-19(15)24(14)29(26,27)16-10-11-20-17(13-16)22(25)23-18-7-3-5-9-21(18)28-20/h2-11,13-14H,12H2,1H3,(H,23,25). The largest absolute Gasteiger partial charge is 0.454 e. The van der Waals surface area contributed by atoms with Crippen LogP contribution < -0.4 is 14.4 Å². The number of nitrogens with one attached hydrogen (secondary N) is 1. The first-order valence-electron chi connectivity index (χ1n) is 9.30. The Hall–Kier alpha value is -3.32. The lowest BCUT2D eigenvalue weighted by Gasteiger charge is -2.24. The topological polar surface area (TPSA) is 75.7 Å². The van der Waals surface area contributed by atoms with Gasteiger partial charge in [-0.25, -0.2) is 8.42 Å². The minimum absolute atomic E-state index is 0.0597. The van der Waals surface area contributed by atoms with E-state index in [1.54, 1.807) is 24.3 Å². The minimum atomic E-state index is -3.84. The summed E-state index contributed by atoms with van der Waals surface area (Å²) in [4.78, 5) is 12.8. The van der Waals surface area contributed by atoms with Crippen molar-refractivity contribution >= 4 is 27.3 Å². The zero-order chi connectivity index (χ0) is 20.2. The van der Waals surface area contributed by atoms with Gasteiger partial charge in [-0.2, -0.15) is 0 Å². The summed E-state index contributed by atoms with van der Waals surface area (Å²) in [5.74, 6) is 0.426. The van der Waals surface area contributed by atoms with Crippen LogP contribution in [0.15, 0.2) is 71.6 Å². The number of carbonyl (C=O) groups excluding carboxylic acids is 1. The normalized spacial score (nSPS) is 17.5. The average molecular weight is 406 g/mol. The highest BCUT2D eigenvalue weighted by Gasteiger charge is 2.36. The molecular weight excluding hydrogens is 388 g/mol. The molecule has 6 nitrogen and oxygen atoms in total. The van der Waals surface area contributed by atoms with Gasteiger partial charge >= 0.3 is 0 Å². The highest BCUT2D eigenvalue weighted by molar-refractivity contribution is 7.92. The number of rotatable bonds is 2. The lowest BCUT2D eigenvalue weighted by Crippen LogP contribution is -2.35. The van der Waals surface area contributed by atoms with Crippen molar-refractivity contribution < 1.29 is 17.9 Å². The zero-order valence-electron chi connectivity index (χ0n) is 15.6. The molecule has 7 heteroatoms. The first-order valence-corrected chi connectivity index (χ1v) is 10.7. The molecule has 0 saturated carbocycles. The van der Waals surface area contributed by atoms with Gasteiger partial charge in [0.2, 0.25) is 0 Å². The van der Waals surface area contributed by atoms with Crippen LogP contribution >= 0.6 is 0 Å². The van der Waals surface area contributed by atoms with Gasteiger partial charge in [-0.15, -0.1) is 0 Å². The molecule has 3 aromatic rings. The lowest BCUT2D eigenvalue weighted by atomic mass is 10.1. The van der Waals surface area contributed by atoms with E-state index in [9.17, 15) is 13.2 Å². The molecule has 1 amide bonds. The molecule has 146 valence electrons. The molecular formula is C22H18N2O4S. The van der Waals surface area contributed by atoms with Crippen LogP contribution in [0.4, 0.5) is 11.4 Å². The molecule has 1 unspecified atom stereocenters. The number of hydrogen-bond donors (Lipinski definition) is 1. The van der Waals surface area contributed by atoms with Crippen molar-refractivity contribution in [3.63, 3.8) is 0 Å². The number of ether oxygens (including phenoxy) is 1. The van der Waals surface area contributed by atoms with Crippen molar-refractivity contribution in [1.82, 2.24) is 0 Å². The van der Waals surface area contributed by atoms with Crippen LogP contribution in [0.1, 0.15) is 22.8 Å². The SMILES string of the molecule is CC1Cc2ccccc2N1S(=O)(=O)c1ccc2c(c1)C(=O)Nc1ccccc1O2. The average Bonchev–Trinajstić information content (AvgIpc) is 2.98. The number of fused-ring (bicyclic) bond motifs is 3. The van der Waals surface area contributed by atoms with Crippen LogP contribution in [0, 0.1) is 0 Å². The molecule has 0 bridgehead atoms. The maximum absolute atomic E-state index is 13.5. The number of amides is 1. The molecule has 0 saturated heterocycles. The predicted octanol–water partition coefficient (Wildman–Crippen LogP) is 4.18. The Morgan fingerprint density at radius 3 is 2.62 bits per heavy atom. The van der Waals surface area contributed by atoms with Crippen LogP contribution in [-0.4, -0.2) is 20.4 Å². The molecule has 3 aromatic carbocycles. The number of benzene rings is 3. The highest BCUT2D eigenvalue weighted by atomic mass is 32.2. The summed E-state index contributed by atoms with van der Waals surface area (Å²) in [6, 6.07) is 18.8. The van der Waals surface area contributed by atoms with E-state index >= 15 is 0 Å².